The summed E-state index contributed by atoms with van der Waals surface area (Å²) in [5.74, 6) is 0.0110. The molecule has 0 saturated carbocycles. The molecular formula is C17H26N2O3. The third kappa shape index (κ3) is 5.48. The predicted molar refractivity (Wildman–Crippen MR) is 88.4 cm³/mol. The molecule has 1 aromatic carbocycles. The van der Waals surface area contributed by atoms with E-state index in [9.17, 15) is 9.59 Å². The average Bonchev–Trinajstić information content (AvgIpc) is 2.46. The number of aryl methyl sites for hydroxylation is 1. The number of aliphatic hydroxyl groups excluding tert-OH is 1. The molecule has 22 heavy (non-hydrogen) atoms. The number of carbonyl (C=O) groups excluding carboxylic acids is 2. The van der Waals surface area contributed by atoms with Crippen molar-refractivity contribution in [2.24, 2.45) is 0 Å². The van der Waals surface area contributed by atoms with E-state index >= 15 is 0 Å². The Kier molecular flexibility index (Phi) is 7.60. The fourth-order valence-electron chi connectivity index (χ4n) is 2.33. The Morgan fingerprint density at radius 2 is 1.95 bits per heavy atom. The molecule has 0 bridgehead atoms. The number of nitrogens with zero attached hydrogens (tertiary/aromatic N) is 1. The van der Waals surface area contributed by atoms with Crippen molar-refractivity contribution < 1.29 is 14.7 Å². The van der Waals surface area contributed by atoms with Crippen LogP contribution in [-0.2, 0) is 0 Å². The molecule has 5 heteroatoms. The van der Waals surface area contributed by atoms with Crippen LogP contribution in [0, 0.1) is 6.92 Å². The first-order valence-electron chi connectivity index (χ1n) is 7.78. The Bertz CT molecular complexity index is 515. The van der Waals surface area contributed by atoms with Crippen molar-refractivity contribution in [2.75, 3.05) is 25.0 Å². The van der Waals surface area contributed by atoms with Gasteiger partial charge in [-0.1, -0.05) is 19.8 Å². The van der Waals surface area contributed by atoms with E-state index in [1.165, 1.54) is 6.92 Å². The summed E-state index contributed by atoms with van der Waals surface area (Å²) >= 11 is 0. The number of ketones is 1. The second-order valence-electron chi connectivity index (χ2n) is 5.43. The normalized spacial score (nSPS) is 10.4. The Morgan fingerprint density at radius 1 is 1.23 bits per heavy atom. The molecule has 0 aliphatic rings. The van der Waals surface area contributed by atoms with E-state index in [0.717, 1.165) is 24.8 Å². The number of rotatable bonds is 8. The van der Waals surface area contributed by atoms with Crippen LogP contribution < -0.4 is 5.32 Å². The number of hydrogen-bond acceptors (Lipinski definition) is 3. The van der Waals surface area contributed by atoms with E-state index in [1.807, 2.05) is 6.92 Å². The molecule has 0 atom stereocenters. The smallest absolute Gasteiger partial charge is 0.321 e. The van der Waals surface area contributed by atoms with Gasteiger partial charge in [-0.15, -0.1) is 0 Å². The molecule has 2 amide bonds. The van der Waals surface area contributed by atoms with E-state index in [-0.39, 0.29) is 18.4 Å². The zero-order chi connectivity index (χ0) is 16.5. The summed E-state index contributed by atoms with van der Waals surface area (Å²) in [4.78, 5) is 25.3. The standard InChI is InChI=1S/C17H26N2O3/c1-4-5-6-9-19(10-11-20)17(22)18-15-7-8-16(14(3)21)13(2)12-15/h7-8,12,20H,4-6,9-11H2,1-3H3,(H,18,22). The zero-order valence-corrected chi connectivity index (χ0v) is 13.7. The lowest BCUT2D eigenvalue weighted by Crippen LogP contribution is -2.37. The number of aliphatic hydroxyl groups is 1. The fraction of sp³-hybridized carbons (Fsp3) is 0.529. The first-order chi connectivity index (χ1) is 10.5. The lowest BCUT2D eigenvalue weighted by molar-refractivity contribution is 0.101. The van der Waals surface area contributed by atoms with Crippen LogP contribution in [0.15, 0.2) is 18.2 Å². The minimum Gasteiger partial charge on any atom is -0.395 e. The van der Waals surface area contributed by atoms with Crippen LogP contribution in [0.1, 0.15) is 49.0 Å². The molecule has 0 radical (unpaired) electrons. The monoisotopic (exact) mass is 306 g/mol. The Balaban J connectivity index is 2.71. The van der Waals surface area contributed by atoms with Gasteiger partial charge < -0.3 is 15.3 Å². The van der Waals surface area contributed by atoms with Gasteiger partial charge >= 0.3 is 6.03 Å². The van der Waals surface area contributed by atoms with Crippen LogP contribution in [0.4, 0.5) is 10.5 Å². The van der Waals surface area contributed by atoms with Gasteiger partial charge in [0.1, 0.15) is 0 Å². The Morgan fingerprint density at radius 3 is 2.50 bits per heavy atom. The number of urea groups is 1. The Labute approximate surface area is 132 Å². The van der Waals surface area contributed by atoms with Gasteiger partial charge in [0.25, 0.3) is 0 Å². The van der Waals surface area contributed by atoms with Crippen molar-refractivity contribution >= 4 is 17.5 Å². The average molecular weight is 306 g/mol. The molecule has 0 spiro atoms. The first-order valence-corrected chi connectivity index (χ1v) is 7.78. The van der Waals surface area contributed by atoms with E-state index in [2.05, 4.69) is 12.2 Å². The highest BCUT2D eigenvalue weighted by Crippen LogP contribution is 2.16. The molecule has 1 aromatic rings. The number of unbranched alkanes of at least 4 members (excludes halogenated alkanes) is 2. The molecule has 0 aliphatic carbocycles. The molecule has 5 nitrogen and oxygen atoms in total. The van der Waals surface area contributed by atoms with Crippen LogP contribution in [0.3, 0.4) is 0 Å². The van der Waals surface area contributed by atoms with E-state index in [0.29, 0.717) is 24.3 Å². The highest BCUT2D eigenvalue weighted by atomic mass is 16.3. The molecular weight excluding hydrogens is 280 g/mol. The quantitative estimate of drug-likeness (QED) is 0.572. The van der Waals surface area contributed by atoms with Gasteiger partial charge in [-0.3, -0.25) is 4.79 Å². The number of anilines is 1. The fourth-order valence-corrected chi connectivity index (χ4v) is 2.33. The van der Waals surface area contributed by atoms with Gasteiger partial charge in [-0.2, -0.15) is 0 Å². The van der Waals surface area contributed by atoms with Gasteiger partial charge in [0.05, 0.1) is 6.61 Å². The summed E-state index contributed by atoms with van der Waals surface area (Å²) in [5, 5.41) is 11.9. The first kappa shape index (κ1) is 18.2. The molecule has 0 saturated heterocycles. The van der Waals surface area contributed by atoms with Gasteiger partial charge in [0.15, 0.2) is 5.78 Å². The van der Waals surface area contributed by atoms with Crippen molar-refractivity contribution in [1.29, 1.82) is 0 Å². The van der Waals surface area contributed by atoms with Crippen LogP contribution in [0.2, 0.25) is 0 Å². The lowest BCUT2D eigenvalue weighted by atomic mass is 10.1. The van der Waals surface area contributed by atoms with Crippen LogP contribution in [0.5, 0.6) is 0 Å². The van der Waals surface area contributed by atoms with Crippen LogP contribution >= 0.6 is 0 Å². The number of benzene rings is 1. The van der Waals surface area contributed by atoms with Gasteiger partial charge in [0.2, 0.25) is 0 Å². The second-order valence-corrected chi connectivity index (χ2v) is 5.43. The zero-order valence-electron chi connectivity index (χ0n) is 13.7. The second kappa shape index (κ2) is 9.20. The minimum absolute atomic E-state index is 0.0110. The SMILES string of the molecule is CCCCCN(CCO)C(=O)Nc1ccc(C(C)=O)c(C)c1. The molecule has 122 valence electrons. The van der Waals surface area contributed by atoms with E-state index in [1.54, 1.807) is 23.1 Å². The summed E-state index contributed by atoms with van der Waals surface area (Å²) in [6, 6.07) is 5.02. The number of hydrogen-bond donors (Lipinski definition) is 2. The van der Waals surface area contributed by atoms with Gasteiger partial charge in [-0.05, 0) is 44.0 Å². The van der Waals surface area contributed by atoms with Crippen molar-refractivity contribution in [1.82, 2.24) is 4.90 Å². The predicted octanol–water partition coefficient (Wildman–Crippen LogP) is 3.21. The highest BCUT2D eigenvalue weighted by molar-refractivity contribution is 5.96. The molecule has 2 N–H and O–H groups in total. The maximum atomic E-state index is 12.3. The number of amides is 2. The summed E-state index contributed by atoms with van der Waals surface area (Å²) < 4.78 is 0. The Hall–Kier alpha value is -1.88. The molecule has 0 aromatic heterocycles. The van der Waals surface area contributed by atoms with Crippen LogP contribution in [-0.4, -0.2) is 41.5 Å². The molecule has 0 aliphatic heterocycles. The van der Waals surface area contributed by atoms with Crippen molar-refractivity contribution in [2.45, 2.75) is 40.0 Å². The molecule has 0 unspecified atom stereocenters. The van der Waals surface area contributed by atoms with Crippen molar-refractivity contribution in [3.05, 3.63) is 29.3 Å². The summed E-state index contributed by atoms with van der Waals surface area (Å²) in [6.45, 7) is 6.37. The topological polar surface area (TPSA) is 69.6 Å². The van der Waals surface area contributed by atoms with Gasteiger partial charge in [-0.25, -0.2) is 4.79 Å². The summed E-state index contributed by atoms with van der Waals surface area (Å²) in [7, 11) is 0. The molecule has 0 fully saturated rings. The minimum atomic E-state index is -0.222. The maximum Gasteiger partial charge on any atom is 0.321 e. The van der Waals surface area contributed by atoms with E-state index < -0.39 is 0 Å². The molecule has 0 heterocycles. The van der Waals surface area contributed by atoms with E-state index in [4.69, 9.17) is 5.11 Å². The maximum absolute atomic E-state index is 12.3. The number of Topliss-reactive ketones (excluding diaryl/α,β-unsaturated/α-hetero) is 1. The van der Waals surface area contributed by atoms with Crippen LogP contribution in [0.25, 0.3) is 0 Å². The largest absolute Gasteiger partial charge is 0.395 e. The van der Waals surface area contributed by atoms with Gasteiger partial charge in [0, 0.05) is 24.3 Å². The third-order valence-electron chi connectivity index (χ3n) is 3.55. The van der Waals surface area contributed by atoms with Crippen molar-refractivity contribution in [3.63, 3.8) is 0 Å². The summed E-state index contributed by atoms with van der Waals surface area (Å²) in [5.41, 5.74) is 2.16. The lowest BCUT2D eigenvalue weighted by Gasteiger charge is -2.22. The molecule has 1 rings (SSSR count). The highest BCUT2D eigenvalue weighted by Gasteiger charge is 2.13. The van der Waals surface area contributed by atoms with Crippen molar-refractivity contribution in [3.8, 4) is 0 Å². The third-order valence-corrected chi connectivity index (χ3v) is 3.55. The number of nitrogens with one attached hydrogen (secondary N) is 1. The summed E-state index contributed by atoms with van der Waals surface area (Å²) in [6.07, 6.45) is 3.06. The number of carbonyl (C=O) groups is 2.